The zero-order valence-electron chi connectivity index (χ0n) is 22.9. The Morgan fingerprint density at radius 3 is 2.51 bits per heavy atom. The number of aromatic nitrogens is 1. The summed E-state index contributed by atoms with van der Waals surface area (Å²) in [5, 5.41) is 9.89. The summed E-state index contributed by atoms with van der Waals surface area (Å²) in [6.07, 6.45) is 5.65. The van der Waals surface area contributed by atoms with Crippen molar-refractivity contribution in [1.29, 1.82) is 0 Å². The van der Waals surface area contributed by atoms with Crippen LogP contribution in [0.2, 0.25) is 0 Å². The van der Waals surface area contributed by atoms with Crippen molar-refractivity contribution in [2.45, 2.75) is 58.0 Å². The maximum absolute atomic E-state index is 13.6. The Hall–Kier alpha value is -4.44. The topological polar surface area (TPSA) is 113 Å². The molecule has 0 saturated heterocycles. The van der Waals surface area contributed by atoms with E-state index in [1.165, 1.54) is 11.3 Å². The van der Waals surface area contributed by atoms with Crippen LogP contribution in [0, 0.1) is 6.92 Å². The molecule has 3 N–H and O–H groups in total. The van der Waals surface area contributed by atoms with Gasteiger partial charge in [-0.3, -0.25) is 14.5 Å². The Bertz CT molecular complexity index is 1640. The van der Waals surface area contributed by atoms with Crippen molar-refractivity contribution in [3.63, 3.8) is 0 Å². The summed E-state index contributed by atoms with van der Waals surface area (Å²) >= 11 is 1.25. The highest BCUT2D eigenvalue weighted by Gasteiger charge is 2.35. The molecule has 10 heteroatoms. The van der Waals surface area contributed by atoms with Crippen molar-refractivity contribution < 1.29 is 19.1 Å². The highest BCUT2D eigenvalue weighted by Crippen LogP contribution is 2.46. The summed E-state index contributed by atoms with van der Waals surface area (Å²) in [7, 11) is 0. The second-order valence-corrected chi connectivity index (χ2v) is 11.3. The van der Waals surface area contributed by atoms with E-state index in [9.17, 15) is 14.4 Å². The van der Waals surface area contributed by atoms with Gasteiger partial charge in [0.2, 0.25) is 5.91 Å². The van der Waals surface area contributed by atoms with Gasteiger partial charge in [-0.2, -0.15) is 0 Å². The van der Waals surface area contributed by atoms with Gasteiger partial charge < -0.3 is 20.7 Å². The minimum absolute atomic E-state index is 0.0238. The minimum atomic E-state index is -0.358. The number of amides is 4. The lowest BCUT2D eigenvalue weighted by molar-refractivity contribution is -0.121. The van der Waals surface area contributed by atoms with Crippen LogP contribution in [-0.4, -0.2) is 34.9 Å². The van der Waals surface area contributed by atoms with Gasteiger partial charge in [-0.15, -0.1) is 11.3 Å². The molecule has 0 radical (unpaired) electrons. The number of thiophene rings is 1. The van der Waals surface area contributed by atoms with Gasteiger partial charge in [-0.05, 0) is 61.7 Å². The molecule has 2 aromatic carbocycles. The Kier molecular flexibility index (Phi) is 7.32. The average molecular weight is 570 g/mol. The summed E-state index contributed by atoms with van der Waals surface area (Å²) in [5.41, 5.74) is 2.69. The molecule has 2 aromatic heterocycles. The van der Waals surface area contributed by atoms with Gasteiger partial charge in [-0.25, -0.2) is 9.78 Å². The normalized spacial score (nSPS) is 18.1. The molecule has 4 amide bonds. The van der Waals surface area contributed by atoms with Gasteiger partial charge in [0.25, 0.3) is 5.91 Å². The van der Waals surface area contributed by atoms with Crippen molar-refractivity contribution in [2.75, 3.05) is 10.2 Å². The number of aryl methyl sites for hydroxylation is 1. The number of carbonyl (C=O) groups is 3. The van der Waals surface area contributed by atoms with Crippen LogP contribution in [0.15, 0.2) is 60.8 Å². The van der Waals surface area contributed by atoms with Crippen molar-refractivity contribution in [3.05, 3.63) is 71.2 Å². The number of anilines is 3. The Morgan fingerprint density at radius 1 is 1.02 bits per heavy atom. The van der Waals surface area contributed by atoms with Crippen LogP contribution in [0.1, 0.15) is 54.3 Å². The maximum Gasteiger partial charge on any atom is 0.331 e. The highest BCUT2D eigenvalue weighted by atomic mass is 32.1. The molecular weight excluding hydrogens is 538 g/mol. The van der Waals surface area contributed by atoms with E-state index in [0.29, 0.717) is 38.9 Å². The van der Waals surface area contributed by atoms with Crippen LogP contribution >= 0.6 is 11.3 Å². The second kappa shape index (κ2) is 11.2. The first-order chi connectivity index (χ1) is 19.9. The maximum atomic E-state index is 13.6. The standard InChI is InChI=1S/C31H31N5O4S/c1-3-25(37)33-21-11-7-8-12-22(21)34-29(38)28-27-26-24(15-16-32-30(26)41-28)36(31(39)35-27)23-14-13-20(17-18(23)2)40-19-9-5-4-6-10-19/h4-6,9-10,13-17,21-22H,3,7-8,11-12H2,1-2H3,(H,33,37)(H,34,38)(H,35,39)/t21-,22-/m0/s1. The monoisotopic (exact) mass is 569 g/mol. The van der Waals surface area contributed by atoms with Crippen molar-refractivity contribution in [3.8, 4) is 11.5 Å². The predicted octanol–water partition coefficient (Wildman–Crippen LogP) is 6.65. The Labute approximate surface area is 241 Å². The molecule has 41 heavy (non-hydrogen) atoms. The lowest BCUT2D eigenvalue weighted by Crippen LogP contribution is -2.53. The number of pyridine rings is 1. The lowest BCUT2D eigenvalue weighted by atomic mass is 9.90. The molecule has 2 aliphatic rings. The van der Waals surface area contributed by atoms with Gasteiger partial charge in [0.15, 0.2) is 0 Å². The van der Waals surface area contributed by atoms with E-state index < -0.39 is 0 Å². The number of nitrogens with one attached hydrogen (secondary N) is 3. The molecule has 0 bridgehead atoms. The summed E-state index contributed by atoms with van der Waals surface area (Å²) in [5.74, 6) is 1.10. The molecule has 2 atom stereocenters. The molecular formula is C31H31N5O4S. The van der Waals surface area contributed by atoms with E-state index in [2.05, 4.69) is 20.9 Å². The first kappa shape index (κ1) is 26.8. The average Bonchev–Trinajstić information content (AvgIpc) is 3.35. The number of carbonyl (C=O) groups excluding carboxylic acids is 3. The number of rotatable bonds is 7. The smallest absolute Gasteiger partial charge is 0.331 e. The van der Waals surface area contributed by atoms with Gasteiger partial charge >= 0.3 is 6.03 Å². The fourth-order valence-corrected chi connectivity index (χ4v) is 6.59. The third-order valence-corrected chi connectivity index (χ3v) is 8.69. The van der Waals surface area contributed by atoms with Crippen LogP contribution in [-0.2, 0) is 4.79 Å². The lowest BCUT2D eigenvalue weighted by Gasteiger charge is -2.33. The van der Waals surface area contributed by atoms with Crippen LogP contribution in [0.25, 0.3) is 10.2 Å². The highest BCUT2D eigenvalue weighted by molar-refractivity contribution is 7.21. The summed E-state index contributed by atoms with van der Waals surface area (Å²) in [6, 6.07) is 16.3. The molecule has 9 nitrogen and oxygen atoms in total. The van der Waals surface area contributed by atoms with E-state index in [1.807, 2.05) is 62.4 Å². The minimum Gasteiger partial charge on any atom is -0.457 e. The van der Waals surface area contributed by atoms with Gasteiger partial charge in [0.05, 0.1) is 22.4 Å². The first-order valence-electron chi connectivity index (χ1n) is 13.9. The number of hydrogen-bond acceptors (Lipinski definition) is 6. The zero-order valence-corrected chi connectivity index (χ0v) is 23.7. The van der Waals surface area contributed by atoms with Crippen LogP contribution in [0.4, 0.5) is 21.9 Å². The van der Waals surface area contributed by atoms with E-state index in [4.69, 9.17) is 4.74 Å². The molecule has 210 valence electrons. The van der Waals surface area contributed by atoms with Crippen molar-refractivity contribution in [1.82, 2.24) is 15.6 Å². The quantitative estimate of drug-likeness (QED) is 0.231. The molecule has 3 heterocycles. The van der Waals surface area contributed by atoms with E-state index >= 15 is 0 Å². The predicted molar refractivity (Wildman–Crippen MR) is 160 cm³/mol. The van der Waals surface area contributed by atoms with Gasteiger partial charge in [0, 0.05) is 24.7 Å². The molecule has 1 saturated carbocycles. The number of hydrogen-bond donors (Lipinski definition) is 3. The van der Waals surface area contributed by atoms with Gasteiger partial charge in [0.1, 0.15) is 21.2 Å². The van der Waals surface area contributed by atoms with Gasteiger partial charge in [-0.1, -0.05) is 38.0 Å². The van der Waals surface area contributed by atoms with Crippen molar-refractivity contribution in [2.24, 2.45) is 0 Å². The Morgan fingerprint density at radius 2 is 1.78 bits per heavy atom. The fraction of sp³-hybridized carbons (Fsp3) is 0.290. The number of para-hydroxylation sites is 1. The Balaban J connectivity index is 1.30. The summed E-state index contributed by atoms with van der Waals surface area (Å²) in [4.78, 5) is 46.4. The number of nitrogens with zero attached hydrogens (tertiary/aromatic N) is 2. The number of urea groups is 1. The fourth-order valence-electron chi connectivity index (χ4n) is 5.57. The van der Waals surface area contributed by atoms with E-state index in [1.54, 1.807) is 17.2 Å². The van der Waals surface area contributed by atoms with Crippen LogP contribution in [0.3, 0.4) is 0 Å². The zero-order chi connectivity index (χ0) is 28.5. The third kappa shape index (κ3) is 5.22. The molecule has 1 aliphatic heterocycles. The molecule has 1 aliphatic carbocycles. The molecule has 6 rings (SSSR count). The summed E-state index contributed by atoms with van der Waals surface area (Å²) < 4.78 is 5.97. The third-order valence-electron chi connectivity index (χ3n) is 7.59. The number of benzene rings is 2. The van der Waals surface area contributed by atoms with Crippen LogP contribution < -0.4 is 25.6 Å². The van der Waals surface area contributed by atoms with Crippen molar-refractivity contribution >= 4 is 56.5 Å². The van der Waals surface area contributed by atoms with E-state index in [-0.39, 0.29) is 29.9 Å². The SMILES string of the molecule is CCC(=O)N[C@H]1CCCC[C@@H]1NC(=O)c1sc2nccc3c2c1NC(=O)N3c1ccc(Oc2ccccc2)cc1C. The van der Waals surface area contributed by atoms with Crippen LogP contribution in [0.5, 0.6) is 11.5 Å². The van der Waals surface area contributed by atoms with E-state index in [0.717, 1.165) is 42.4 Å². The second-order valence-electron chi connectivity index (χ2n) is 10.3. The first-order valence-corrected chi connectivity index (χ1v) is 14.7. The summed E-state index contributed by atoms with van der Waals surface area (Å²) in [6.45, 7) is 3.75. The number of ether oxygens (including phenoxy) is 1. The molecule has 0 unspecified atom stereocenters. The molecule has 0 spiro atoms. The molecule has 4 aromatic rings. The molecule has 1 fully saturated rings. The largest absolute Gasteiger partial charge is 0.457 e.